The van der Waals surface area contributed by atoms with Crippen molar-refractivity contribution in [2.24, 2.45) is 5.92 Å². The number of nitrogens with zero attached hydrogens (tertiary/aromatic N) is 3. The summed E-state index contributed by atoms with van der Waals surface area (Å²) in [6.45, 7) is 6.34. The van der Waals surface area contributed by atoms with Crippen LogP contribution in [-0.4, -0.2) is 24.0 Å². The molecule has 1 fully saturated rings. The quantitative estimate of drug-likeness (QED) is 0.668. The minimum absolute atomic E-state index is 0.180. The van der Waals surface area contributed by atoms with Crippen LogP contribution in [0, 0.1) is 24.2 Å². The summed E-state index contributed by atoms with van der Waals surface area (Å²) in [7, 11) is -3.56. The molecule has 1 aromatic carbocycles. The molecule has 0 spiro atoms. The molecule has 3 aromatic rings. The van der Waals surface area contributed by atoms with E-state index >= 15 is 0 Å². The maximum Gasteiger partial charge on any atom is 0.240 e. The van der Waals surface area contributed by atoms with Gasteiger partial charge in [-0.2, -0.15) is 5.26 Å². The number of nitrogens with one attached hydrogen (secondary N) is 1. The summed E-state index contributed by atoms with van der Waals surface area (Å²) in [6, 6.07) is 12.8. The maximum absolute atomic E-state index is 12.4. The van der Waals surface area contributed by atoms with E-state index in [1.165, 1.54) is 12.8 Å². The minimum atomic E-state index is -3.56. The highest BCUT2D eigenvalue weighted by Crippen LogP contribution is 2.38. The highest BCUT2D eigenvalue weighted by atomic mass is 32.2. The van der Waals surface area contributed by atoms with Crippen LogP contribution in [-0.2, 0) is 16.6 Å². The second-order valence-electron chi connectivity index (χ2n) is 8.01. The highest BCUT2D eigenvalue weighted by molar-refractivity contribution is 7.89. The smallest absolute Gasteiger partial charge is 0.240 e. The number of rotatable bonds is 6. The van der Waals surface area contributed by atoms with Crippen molar-refractivity contribution in [3.63, 3.8) is 0 Å². The fourth-order valence-corrected chi connectivity index (χ4v) is 4.88. The summed E-state index contributed by atoms with van der Waals surface area (Å²) < 4.78 is 29.6. The molecule has 0 aliphatic heterocycles. The molecule has 0 atom stereocenters. The molecule has 7 heteroatoms. The van der Waals surface area contributed by atoms with Crippen molar-refractivity contribution >= 4 is 21.1 Å². The molecule has 2 aromatic heterocycles. The number of hydrogen-bond acceptors (Lipinski definition) is 4. The van der Waals surface area contributed by atoms with E-state index in [0.29, 0.717) is 11.5 Å². The average molecular weight is 409 g/mol. The van der Waals surface area contributed by atoms with E-state index in [4.69, 9.17) is 4.98 Å². The van der Waals surface area contributed by atoms with Gasteiger partial charge in [-0.1, -0.05) is 12.1 Å². The van der Waals surface area contributed by atoms with Crippen LogP contribution in [0.5, 0.6) is 0 Å². The highest BCUT2D eigenvalue weighted by Gasteiger charge is 2.27. The third-order valence-electron chi connectivity index (χ3n) is 5.12. The fourth-order valence-electron chi connectivity index (χ4n) is 3.63. The molecule has 150 valence electrons. The Labute approximate surface area is 171 Å². The van der Waals surface area contributed by atoms with Gasteiger partial charge < -0.3 is 4.57 Å². The van der Waals surface area contributed by atoms with Crippen LogP contribution in [0.15, 0.2) is 41.3 Å². The summed E-state index contributed by atoms with van der Waals surface area (Å²) in [6.07, 6.45) is 2.37. The van der Waals surface area contributed by atoms with Gasteiger partial charge in [0.25, 0.3) is 0 Å². The molecular formula is C22H24N4O2S. The Kier molecular flexibility index (Phi) is 4.93. The number of hydrogen-bond donors (Lipinski definition) is 1. The van der Waals surface area contributed by atoms with Gasteiger partial charge in [0, 0.05) is 23.7 Å². The van der Waals surface area contributed by atoms with E-state index in [-0.39, 0.29) is 10.9 Å². The topological polar surface area (TPSA) is 87.8 Å². The van der Waals surface area contributed by atoms with Crippen LogP contribution < -0.4 is 4.72 Å². The van der Waals surface area contributed by atoms with E-state index in [9.17, 15) is 13.7 Å². The van der Waals surface area contributed by atoms with Crippen LogP contribution in [0.1, 0.15) is 37.9 Å². The molecule has 0 amide bonds. The van der Waals surface area contributed by atoms with Gasteiger partial charge in [-0.3, -0.25) is 0 Å². The first kappa shape index (κ1) is 19.6. The summed E-state index contributed by atoms with van der Waals surface area (Å²) in [4.78, 5) is 4.92. The zero-order valence-electron chi connectivity index (χ0n) is 16.8. The number of aryl methyl sites for hydroxylation is 1. The molecule has 1 saturated carbocycles. The lowest BCUT2D eigenvalue weighted by atomic mass is 10.1. The Morgan fingerprint density at radius 1 is 1.21 bits per heavy atom. The third kappa shape index (κ3) is 3.78. The Bertz CT molecular complexity index is 1210. The number of aromatic nitrogens is 2. The first-order valence-corrected chi connectivity index (χ1v) is 11.3. The van der Waals surface area contributed by atoms with Gasteiger partial charge >= 0.3 is 0 Å². The van der Waals surface area contributed by atoms with E-state index in [1.54, 1.807) is 38.1 Å². The van der Waals surface area contributed by atoms with E-state index in [2.05, 4.69) is 15.4 Å². The van der Waals surface area contributed by atoms with E-state index in [1.807, 2.05) is 19.1 Å². The van der Waals surface area contributed by atoms with E-state index < -0.39 is 10.0 Å². The predicted octanol–water partition coefficient (Wildman–Crippen LogP) is 3.98. The fraction of sp³-hybridized carbons (Fsp3) is 0.364. The van der Waals surface area contributed by atoms with Crippen molar-refractivity contribution in [3.05, 3.63) is 47.7 Å². The standard InChI is InChI=1S/C22H24N4O2S/c1-14(2)25-29(27,28)18-9-7-17(8-10-18)21-20(12-23)19-11-4-15(3)24-22(19)26(21)13-16-5-6-16/h4,7-11,14,16,25H,5-6,13H2,1-3H3. The normalized spacial score (nSPS) is 14.4. The van der Waals surface area contributed by atoms with Gasteiger partial charge in [-0.15, -0.1) is 0 Å². The van der Waals surface area contributed by atoms with Gasteiger partial charge in [0.05, 0.1) is 16.2 Å². The van der Waals surface area contributed by atoms with Crippen LogP contribution in [0.4, 0.5) is 0 Å². The Balaban J connectivity index is 1.86. The number of sulfonamides is 1. The molecule has 2 heterocycles. The monoisotopic (exact) mass is 408 g/mol. The average Bonchev–Trinajstić information content (AvgIpc) is 3.43. The second-order valence-corrected chi connectivity index (χ2v) is 9.73. The Morgan fingerprint density at radius 2 is 1.90 bits per heavy atom. The van der Waals surface area contributed by atoms with Crippen molar-refractivity contribution in [2.45, 2.75) is 51.1 Å². The molecule has 0 unspecified atom stereocenters. The predicted molar refractivity (Wildman–Crippen MR) is 113 cm³/mol. The van der Waals surface area contributed by atoms with Crippen LogP contribution in [0.3, 0.4) is 0 Å². The van der Waals surface area contributed by atoms with Crippen LogP contribution >= 0.6 is 0 Å². The molecule has 1 N–H and O–H groups in total. The number of nitriles is 1. The van der Waals surface area contributed by atoms with E-state index in [0.717, 1.165) is 34.5 Å². The first-order valence-electron chi connectivity index (χ1n) is 9.83. The minimum Gasteiger partial charge on any atom is -0.324 e. The van der Waals surface area contributed by atoms with Gasteiger partial charge in [-0.05, 0) is 69.4 Å². The Morgan fingerprint density at radius 3 is 2.48 bits per heavy atom. The molecular weight excluding hydrogens is 384 g/mol. The zero-order valence-corrected chi connectivity index (χ0v) is 17.6. The first-order chi connectivity index (χ1) is 13.8. The van der Waals surface area contributed by atoms with Crippen molar-refractivity contribution in [1.29, 1.82) is 5.26 Å². The summed E-state index contributed by atoms with van der Waals surface area (Å²) in [5.41, 5.74) is 3.95. The largest absolute Gasteiger partial charge is 0.324 e. The molecule has 29 heavy (non-hydrogen) atoms. The van der Waals surface area contributed by atoms with Crippen molar-refractivity contribution in [1.82, 2.24) is 14.3 Å². The molecule has 0 radical (unpaired) electrons. The lowest BCUT2D eigenvalue weighted by Crippen LogP contribution is -2.30. The van der Waals surface area contributed by atoms with Crippen LogP contribution in [0.2, 0.25) is 0 Å². The molecule has 0 bridgehead atoms. The SMILES string of the molecule is Cc1ccc2c(C#N)c(-c3ccc(S(=O)(=O)NC(C)C)cc3)n(CC3CC3)c2n1. The van der Waals surface area contributed by atoms with Crippen molar-refractivity contribution < 1.29 is 8.42 Å². The number of benzene rings is 1. The number of fused-ring (bicyclic) bond motifs is 1. The molecule has 1 aliphatic rings. The summed E-state index contributed by atoms with van der Waals surface area (Å²) in [5, 5.41) is 10.7. The molecule has 1 aliphatic carbocycles. The summed E-state index contributed by atoms with van der Waals surface area (Å²) >= 11 is 0. The number of pyridine rings is 1. The van der Waals surface area contributed by atoms with Crippen LogP contribution in [0.25, 0.3) is 22.3 Å². The second kappa shape index (κ2) is 7.29. The summed E-state index contributed by atoms with van der Waals surface area (Å²) in [5.74, 6) is 0.605. The molecule has 0 saturated heterocycles. The lowest BCUT2D eigenvalue weighted by Gasteiger charge is -2.12. The molecule has 6 nitrogen and oxygen atoms in total. The van der Waals surface area contributed by atoms with Gasteiger partial charge in [-0.25, -0.2) is 18.1 Å². The molecule has 4 rings (SSSR count). The van der Waals surface area contributed by atoms with Gasteiger partial charge in [0.1, 0.15) is 11.7 Å². The van der Waals surface area contributed by atoms with Gasteiger partial charge in [0.15, 0.2) is 0 Å². The van der Waals surface area contributed by atoms with Crippen molar-refractivity contribution in [2.75, 3.05) is 0 Å². The Hall–Kier alpha value is -2.69. The zero-order chi connectivity index (χ0) is 20.8. The maximum atomic E-state index is 12.4. The third-order valence-corrected chi connectivity index (χ3v) is 6.80. The lowest BCUT2D eigenvalue weighted by molar-refractivity contribution is 0.570. The van der Waals surface area contributed by atoms with Crippen molar-refractivity contribution in [3.8, 4) is 17.3 Å². The van der Waals surface area contributed by atoms with Gasteiger partial charge in [0.2, 0.25) is 10.0 Å².